The van der Waals surface area contributed by atoms with Crippen molar-refractivity contribution in [2.45, 2.75) is 25.8 Å². The summed E-state index contributed by atoms with van der Waals surface area (Å²) in [5.41, 5.74) is 7.66. The molecule has 0 spiro atoms. The Morgan fingerprint density at radius 1 is 1.25 bits per heavy atom. The van der Waals surface area contributed by atoms with Gasteiger partial charge < -0.3 is 11.1 Å². The van der Waals surface area contributed by atoms with E-state index in [2.05, 4.69) is 29.4 Å². The van der Waals surface area contributed by atoms with Gasteiger partial charge in [0.2, 0.25) is 0 Å². The van der Waals surface area contributed by atoms with Crippen molar-refractivity contribution >= 4 is 11.5 Å². The zero-order valence-electron chi connectivity index (χ0n) is 11.5. The summed E-state index contributed by atoms with van der Waals surface area (Å²) in [6.07, 6.45) is 2.01. The van der Waals surface area contributed by atoms with Crippen molar-refractivity contribution in [3.8, 4) is 6.07 Å². The molecule has 0 aliphatic heterocycles. The Bertz CT molecular complexity index is 602. The minimum Gasteiger partial charge on any atom is -0.396 e. The summed E-state index contributed by atoms with van der Waals surface area (Å²) in [4.78, 5) is 4.19. The maximum absolute atomic E-state index is 8.91. The maximum Gasteiger partial charge on any atom is 0.165 e. The molecule has 1 heterocycles. The number of nitrogens with one attached hydrogen (secondary N) is 1. The van der Waals surface area contributed by atoms with Gasteiger partial charge in [0.05, 0.1) is 5.69 Å². The minimum atomic E-state index is 0.269. The van der Waals surface area contributed by atoms with Crippen LogP contribution >= 0.6 is 0 Å². The Morgan fingerprint density at radius 3 is 2.70 bits per heavy atom. The number of aromatic nitrogens is 1. The predicted molar refractivity (Wildman–Crippen MR) is 81.2 cm³/mol. The highest BCUT2D eigenvalue weighted by Gasteiger charge is 2.06. The fraction of sp³-hybridized carbons (Fsp3) is 0.250. The van der Waals surface area contributed by atoms with E-state index < -0.39 is 0 Å². The molecule has 0 amide bonds. The Hall–Kier alpha value is -2.54. The number of nitrogens with zero attached hydrogens (tertiary/aromatic N) is 2. The largest absolute Gasteiger partial charge is 0.396 e. The molecule has 1 aromatic carbocycles. The smallest absolute Gasteiger partial charge is 0.165 e. The second-order valence-corrected chi connectivity index (χ2v) is 4.82. The summed E-state index contributed by atoms with van der Waals surface area (Å²) in [5, 5.41) is 12.2. The van der Waals surface area contributed by atoms with Crippen molar-refractivity contribution < 1.29 is 0 Å². The molecule has 102 valence electrons. The fourth-order valence-corrected chi connectivity index (χ4v) is 1.99. The first-order valence-corrected chi connectivity index (χ1v) is 6.66. The summed E-state index contributed by atoms with van der Waals surface area (Å²) in [5.74, 6) is 0.691. The summed E-state index contributed by atoms with van der Waals surface area (Å²) in [6, 6.07) is 16.1. The van der Waals surface area contributed by atoms with Crippen LogP contribution in [0, 0.1) is 11.3 Å². The molecular weight excluding hydrogens is 248 g/mol. The first-order valence-electron chi connectivity index (χ1n) is 6.66. The molecule has 1 aromatic heterocycles. The number of nitrogen functional groups attached to an aromatic ring is 1. The third-order valence-corrected chi connectivity index (χ3v) is 3.14. The van der Waals surface area contributed by atoms with Gasteiger partial charge in [0.1, 0.15) is 11.9 Å². The quantitative estimate of drug-likeness (QED) is 0.872. The van der Waals surface area contributed by atoms with Crippen LogP contribution < -0.4 is 11.1 Å². The summed E-state index contributed by atoms with van der Waals surface area (Å²) >= 11 is 0. The molecule has 0 saturated heterocycles. The third-order valence-electron chi connectivity index (χ3n) is 3.14. The lowest BCUT2D eigenvalue weighted by Crippen LogP contribution is -2.17. The standard InChI is InChI=1S/C16H18N4/c1-12(7-8-13-5-3-2-4-6-13)19-16-10-9-14(18)15(11-17)20-16/h2-6,9-10,12H,7-8,18H2,1H3,(H,19,20). The Labute approximate surface area is 119 Å². The predicted octanol–water partition coefficient (Wildman–Crippen LogP) is 2.97. The number of nitriles is 1. The van der Waals surface area contributed by atoms with Crippen molar-refractivity contribution in [3.05, 3.63) is 53.7 Å². The first-order chi connectivity index (χ1) is 9.69. The van der Waals surface area contributed by atoms with E-state index in [0.29, 0.717) is 11.5 Å². The number of aryl methyl sites for hydroxylation is 1. The molecule has 20 heavy (non-hydrogen) atoms. The van der Waals surface area contributed by atoms with Gasteiger partial charge in [0.25, 0.3) is 0 Å². The van der Waals surface area contributed by atoms with E-state index >= 15 is 0 Å². The van der Waals surface area contributed by atoms with Crippen molar-refractivity contribution in [1.29, 1.82) is 5.26 Å². The molecule has 2 aromatic rings. The lowest BCUT2D eigenvalue weighted by Gasteiger charge is -2.14. The van der Waals surface area contributed by atoms with Gasteiger partial charge in [-0.05, 0) is 37.5 Å². The highest BCUT2D eigenvalue weighted by Crippen LogP contribution is 2.14. The lowest BCUT2D eigenvalue weighted by molar-refractivity contribution is 0.703. The molecule has 1 unspecified atom stereocenters. The lowest BCUT2D eigenvalue weighted by atomic mass is 10.1. The SMILES string of the molecule is CC(CCc1ccccc1)Nc1ccc(N)c(C#N)n1. The molecule has 0 saturated carbocycles. The topological polar surface area (TPSA) is 74.7 Å². The normalized spacial score (nSPS) is 11.6. The average molecular weight is 266 g/mol. The van der Waals surface area contributed by atoms with Gasteiger partial charge >= 0.3 is 0 Å². The molecular formula is C16H18N4. The molecule has 0 radical (unpaired) electrons. The van der Waals surface area contributed by atoms with Crippen LogP contribution in [0.2, 0.25) is 0 Å². The van der Waals surface area contributed by atoms with Gasteiger partial charge in [-0.25, -0.2) is 4.98 Å². The van der Waals surface area contributed by atoms with Crippen LogP contribution in [0.4, 0.5) is 11.5 Å². The van der Waals surface area contributed by atoms with Crippen LogP contribution in [0.15, 0.2) is 42.5 Å². The molecule has 0 bridgehead atoms. The summed E-state index contributed by atoms with van der Waals surface area (Å²) in [7, 11) is 0. The number of rotatable bonds is 5. The number of nitrogens with two attached hydrogens (primary N) is 1. The molecule has 0 fully saturated rings. The van der Waals surface area contributed by atoms with Crippen LogP contribution in [0.5, 0.6) is 0 Å². The van der Waals surface area contributed by atoms with Crippen LogP contribution in [-0.2, 0) is 6.42 Å². The second kappa shape index (κ2) is 6.58. The minimum absolute atomic E-state index is 0.269. The van der Waals surface area contributed by atoms with Gasteiger partial charge in [-0.15, -0.1) is 0 Å². The number of anilines is 2. The number of benzene rings is 1. The summed E-state index contributed by atoms with van der Waals surface area (Å²) in [6.45, 7) is 2.10. The Kier molecular flexibility index (Phi) is 4.56. The van der Waals surface area contributed by atoms with Crippen LogP contribution in [0.3, 0.4) is 0 Å². The molecule has 1 atom stereocenters. The van der Waals surface area contributed by atoms with Crippen molar-refractivity contribution in [3.63, 3.8) is 0 Å². The van der Waals surface area contributed by atoms with E-state index in [4.69, 9.17) is 11.0 Å². The van der Waals surface area contributed by atoms with Crippen LogP contribution in [0.25, 0.3) is 0 Å². The van der Waals surface area contributed by atoms with Crippen molar-refractivity contribution in [2.24, 2.45) is 0 Å². The highest BCUT2D eigenvalue weighted by atomic mass is 15.0. The maximum atomic E-state index is 8.91. The highest BCUT2D eigenvalue weighted by molar-refractivity contribution is 5.54. The monoisotopic (exact) mass is 266 g/mol. The number of pyridine rings is 1. The Morgan fingerprint density at radius 2 is 2.00 bits per heavy atom. The fourth-order valence-electron chi connectivity index (χ4n) is 1.99. The van der Waals surface area contributed by atoms with E-state index in [9.17, 15) is 0 Å². The number of hydrogen-bond donors (Lipinski definition) is 2. The van der Waals surface area contributed by atoms with Gasteiger partial charge in [0, 0.05) is 6.04 Å². The van der Waals surface area contributed by atoms with E-state index in [-0.39, 0.29) is 11.7 Å². The van der Waals surface area contributed by atoms with E-state index in [1.807, 2.05) is 24.3 Å². The molecule has 0 aliphatic carbocycles. The Balaban J connectivity index is 1.91. The second-order valence-electron chi connectivity index (χ2n) is 4.82. The van der Waals surface area contributed by atoms with E-state index in [1.165, 1.54) is 5.56 Å². The van der Waals surface area contributed by atoms with Gasteiger partial charge in [-0.1, -0.05) is 30.3 Å². The van der Waals surface area contributed by atoms with Gasteiger partial charge in [-0.3, -0.25) is 0 Å². The van der Waals surface area contributed by atoms with Crippen LogP contribution in [-0.4, -0.2) is 11.0 Å². The number of hydrogen-bond acceptors (Lipinski definition) is 4. The van der Waals surface area contributed by atoms with E-state index in [1.54, 1.807) is 12.1 Å². The first kappa shape index (κ1) is 13.9. The third kappa shape index (κ3) is 3.72. The summed E-state index contributed by atoms with van der Waals surface area (Å²) < 4.78 is 0. The average Bonchev–Trinajstić information content (AvgIpc) is 2.48. The molecule has 0 aliphatic rings. The molecule has 4 heteroatoms. The van der Waals surface area contributed by atoms with Crippen LogP contribution in [0.1, 0.15) is 24.6 Å². The zero-order chi connectivity index (χ0) is 14.4. The van der Waals surface area contributed by atoms with Gasteiger partial charge in [0.15, 0.2) is 5.69 Å². The van der Waals surface area contributed by atoms with Crippen molar-refractivity contribution in [2.75, 3.05) is 11.1 Å². The molecule has 3 N–H and O–H groups in total. The zero-order valence-corrected chi connectivity index (χ0v) is 11.5. The molecule has 2 rings (SSSR count). The van der Waals surface area contributed by atoms with Gasteiger partial charge in [-0.2, -0.15) is 5.26 Å². The van der Waals surface area contributed by atoms with Crippen molar-refractivity contribution in [1.82, 2.24) is 4.98 Å². The van der Waals surface area contributed by atoms with E-state index in [0.717, 1.165) is 12.8 Å². The molecule has 4 nitrogen and oxygen atoms in total.